The summed E-state index contributed by atoms with van der Waals surface area (Å²) in [5, 5.41) is 9.77. The van der Waals surface area contributed by atoms with Gasteiger partial charge in [0.05, 0.1) is 13.2 Å². The van der Waals surface area contributed by atoms with Gasteiger partial charge in [-0.2, -0.15) is 0 Å². The summed E-state index contributed by atoms with van der Waals surface area (Å²) in [5.74, 6) is 0.720. The number of ether oxygens (including phenoxy) is 2. The topological polar surface area (TPSA) is 59.0 Å². The van der Waals surface area contributed by atoms with Crippen molar-refractivity contribution in [3.8, 4) is 0 Å². The summed E-state index contributed by atoms with van der Waals surface area (Å²) in [6.07, 6.45) is 5.16. The van der Waals surface area contributed by atoms with E-state index >= 15 is 0 Å². The zero-order valence-corrected chi connectivity index (χ0v) is 14.3. The van der Waals surface area contributed by atoms with Crippen LogP contribution in [0.4, 0.5) is 4.79 Å². The average molecular weight is 313 g/mol. The average Bonchev–Trinajstić information content (AvgIpc) is 2.40. The summed E-state index contributed by atoms with van der Waals surface area (Å²) in [6.45, 7) is 8.42. The minimum atomic E-state index is -0.464. The van der Waals surface area contributed by atoms with Crippen LogP contribution in [0, 0.1) is 11.3 Å². The van der Waals surface area contributed by atoms with Crippen molar-refractivity contribution in [2.75, 3.05) is 32.9 Å². The fraction of sp³-hybridized carbons (Fsp3) is 0.941. The molecule has 1 aliphatic carbocycles. The third kappa shape index (κ3) is 4.85. The summed E-state index contributed by atoms with van der Waals surface area (Å²) >= 11 is 0. The molecule has 0 aromatic heterocycles. The smallest absolute Gasteiger partial charge is 0.410 e. The SMILES string of the molecule is CC(C)(C)OC(=O)N1CCC(CO)(COCC2CCC2)CC1. The molecule has 1 saturated carbocycles. The molecule has 5 heteroatoms. The largest absolute Gasteiger partial charge is 0.444 e. The molecule has 1 heterocycles. The second-order valence-corrected chi connectivity index (χ2v) is 7.94. The number of hydrogen-bond acceptors (Lipinski definition) is 4. The number of rotatable bonds is 5. The molecule has 0 bridgehead atoms. The first-order chi connectivity index (χ1) is 10.3. The molecule has 0 unspecified atom stereocenters. The molecule has 1 N–H and O–H groups in total. The Balaban J connectivity index is 1.75. The van der Waals surface area contributed by atoms with Gasteiger partial charge in [0.1, 0.15) is 5.60 Å². The number of aliphatic hydroxyl groups is 1. The molecule has 0 aromatic rings. The molecule has 1 aliphatic heterocycles. The monoisotopic (exact) mass is 313 g/mol. The molecular formula is C17H31NO4. The molecule has 0 spiro atoms. The van der Waals surface area contributed by atoms with Gasteiger partial charge in [0.15, 0.2) is 0 Å². The normalized spacial score (nSPS) is 22.3. The molecule has 1 saturated heterocycles. The number of carbonyl (C=O) groups excluding carboxylic acids is 1. The van der Waals surface area contributed by atoms with Gasteiger partial charge in [-0.1, -0.05) is 6.42 Å². The van der Waals surface area contributed by atoms with Gasteiger partial charge in [0.25, 0.3) is 0 Å². The van der Waals surface area contributed by atoms with Crippen molar-refractivity contribution >= 4 is 6.09 Å². The molecule has 5 nitrogen and oxygen atoms in total. The number of nitrogens with zero attached hydrogens (tertiary/aromatic N) is 1. The number of amides is 1. The fourth-order valence-corrected chi connectivity index (χ4v) is 2.94. The van der Waals surface area contributed by atoms with E-state index in [1.807, 2.05) is 20.8 Å². The van der Waals surface area contributed by atoms with E-state index in [4.69, 9.17) is 9.47 Å². The number of likely N-dealkylation sites (tertiary alicyclic amines) is 1. The van der Waals surface area contributed by atoms with Crippen molar-refractivity contribution in [1.82, 2.24) is 4.90 Å². The standard InChI is InChI=1S/C17H31NO4/c1-16(2,3)22-15(20)18-9-7-17(12-19,8-10-18)13-21-11-14-5-4-6-14/h14,19H,4-13H2,1-3H3. The second kappa shape index (κ2) is 7.18. The summed E-state index contributed by atoms with van der Waals surface area (Å²) in [4.78, 5) is 13.8. The zero-order chi connectivity index (χ0) is 16.2. The van der Waals surface area contributed by atoms with Gasteiger partial charge in [-0.05, 0) is 52.4 Å². The van der Waals surface area contributed by atoms with E-state index in [1.54, 1.807) is 4.90 Å². The first kappa shape index (κ1) is 17.5. The highest BCUT2D eigenvalue weighted by atomic mass is 16.6. The van der Waals surface area contributed by atoms with Crippen LogP contribution < -0.4 is 0 Å². The quantitative estimate of drug-likeness (QED) is 0.848. The lowest BCUT2D eigenvalue weighted by molar-refractivity contribution is -0.0507. The summed E-state index contributed by atoms with van der Waals surface area (Å²) < 4.78 is 11.3. The van der Waals surface area contributed by atoms with Crippen LogP contribution in [0.1, 0.15) is 52.9 Å². The highest BCUT2D eigenvalue weighted by molar-refractivity contribution is 5.68. The van der Waals surface area contributed by atoms with Gasteiger partial charge in [-0.15, -0.1) is 0 Å². The zero-order valence-electron chi connectivity index (χ0n) is 14.3. The molecule has 2 fully saturated rings. The minimum Gasteiger partial charge on any atom is -0.444 e. The Labute approximate surface area is 134 Å². The lowest BCUT2D eigenvalue weighted by atomic mass is 9.80. The summed E-state index contributed by atoms with van der Waals surface area (Å²) in [5.41, 5.74) is -0.656. The van der Waals surface area contributed by atoms with E-state index in [-0.39, 0.29) is 18.1 Å². The van der Waals surface area contributed by atoms with Gasteiger partial charge < -0.3 is 19.5 Å². The van der Waals surface area contributed by atoms with Gasteiger partial charge in [-0.3, -0.25) is 0 Å². The van der Waals surface area contributed by atoms with Crippen molar-refractivity contribution in [2.45, 2.75) is 58.5 Å². The maximum absolute atomic E-state index is 12.1. The molecule has 128 valence electrons. The summed E-state index contributed by atoms with van der Waals surface area (Å²) in [6, 6.07) is 0. The van der Waals surface area contributed by atoms with Gasteiger partial charge in [0.2, 0.25) is 0 Å². The van der Waals surface area contributed by atoms with Crippen LogP contribution in [0.15, 0.2) is 0 Å². The van der Waals surface area contributed by atoms with E-state index in [9.17, 15) is 9.90 Å². The molecule has 0 aromatic carbocycles. The van der Waals surface area contributed by atoms with Crippen molar-refractivity contribution in [3.63, 3.8) is 0 Å². The van der Waals surface area contributed by atoms with Crippen LogP contribution in [0.25, 0.3) is 0 Å². The van der Waals surface area contributed by atoms with Crippen LogP contribution in [0.5, 0.6) is 0 Å². The predicted molar refractivity (Wildman–Crippen MR) is 84.7 cm³/mol. The van der Waals surface area contributed by atoms with E-state index in [2.05, 4.69) is 0 Å². The Kier molecular flexibility index (Phi) is 5.72. The van der Waals surface area contributed by atoms with Gasteiger partial charge in [-0.25, -0.2) is 4.79 Å². The lowest BCUT2D eigenvalue weighted by Crippen LogP contribution is -2.48. The molecule has 2 aliphatic rings. The van der Waals surface area contributed by atoms with Crippen molar-refractivity contribution in [3.05, 3.63) is 0 Å². The van der Waals surface area contributed by atoms with Crippen LogP contribution in [-0.4, -0.2) is 54.6 Å². The van der Waals surface area contributed by atoms with Crippen LogP contribution >= 0.6 is 0 Å². The Hall–Kier alpha value is -0.810. The summed E-state index contributed by atoms with van der Waals surface area (Å²) in [7, 11) is 0. The fourth-order valence-electron chi connectivity index (χ4n) is 2.94. The third-order valence-corrected chi connectivity index (χ3v) is 4.80. The van der Waals surface area contributed by atoms with E-state index in [1.165, 1.54) is 19.3 Å². The Morgan fingerprint density at radius 1 is 1.27 bits per heavy atom. The number of aliphatic hydroxyl groups excluding tert-OH is 1. The molecule has 0 atom stereocenters. The third-order valence-electron chi connectivity index (χ3n) is 4.80. The molecule has 22 heavy (non-hydrogen) atoms. The highest BCUT2D eigenvalue weighted by Crippen LogP contribution is 2.33. The van der Waals surface area contributed by atoms with Crippen molar-refractivity contribution < 1.29 is 19.4 Å². The number of piperidine rings is 1. The van der Waals surface area contributed by atoms with Crippen LogP contribution in [0.2, 0.25) is 0 Å². The van der Waals surface area contributed by atoms with Crippen molar-refractivity contribution in [1.29, 1.82) is 0 Å². The number of hydrogen-bond donors (Lipinski definition) is 1. The highest BCUT2D eigenvalue weighted by Gasteiger charge is 2.37. The van der Waals surface area contributed by atoms with Gasteiger partial charge in [0, 0.05) is 25.1 Å². The van der Waals surface area contributed by atoms with E-state index < -0.39 is 5.60 Å². The van der Waals surface area contributed by atoms with Crippen molar-refractivity contribution in [2.24, 2.45) is 11.3 Å². The van der Waals surface area contributed by atoms with Gasteiger partial charge >= 0.3 is 6.09 Å². The second-order valence-electron chi connectivity index (χ2n) is 7.94. The Morgan fingerprint density at radius 2 is 1.91 bits per heavy atom. The minimum absolute atomic E-state index is 0.125. The molecule has 1 amide bonds. The van der Waals surface area contributed by atoms with Crippen LogP contribution in [0.3, 0.4) is 0 Å². The number of carbonyl (C=O) groups is 1. The molecule has 0 radical (unpaired) electrons. The van der Waals surface area contributed by atoms with E-state index in [0.717, 1.165) is 25.4 Å². The first-order valence-electron chi connectivity index (χ1n) is 8.50. The maximum Gasteiger partial charge on any atom is 0.410 e. The lowest BCUT2D eigenvalue weighted by Gasteiger charge is -2.41. The first-order valence-corrected chi connectivity index (χ1v) is 8.50. The molecule has 2 rings (SSSR count). The maximum atomic E-state index is 12.1. The Morgan fingerprint density at radius 3 is 2.36 bits per heavy atom. The van der Waals surface area contributed by atoms with Crippen LogP contribution in [-0.2, 0) is 9.47 Å². The molecular weight excluding hydrogens is 282 g/mol. The Bertz CT molecular complexity index is 365. The van der Waals surface area contributed by atoms with E-state index in [0.29, 0.717) is 19.7 Å². The predicted octanol–water partition coefficient (Wildman–Crippen LogP) is 2.81.